The third kappa shape index (κ3) is 4.17. The predicted molar refractivity (Wildman–Crippen MR) is 94.6 cm³/mol. The number of aromatic nitrogens is 1. The number of halogens is 1. The van der Waals surface area contributed by atoms with E-state index in [1.165, 1.54) is 30.1 Å². The number of amides is 1. The van der Waals surface area contributed by atoms with E-state index in [0.29, 0.717) is 5.56 Å². The van der Waals surface area contributed by atoms with Crippen molar-refractivity contribution in [3.8, 4) is 0 Å². The summed E-state index contributed by atoms with van der Waals surface area (Å²) in [5.74, 6) is -0.360. The van der Waals surface area contributed by atoms with Gasteiger partial charge in [-0.2, -0.15) is 5.10 Å². The van der Waals surface area contributed by atoms with Crippen LogP contribution in [0.5, 0.6) is 0 Å². The number of thioether (sulfide) groups is 1. The van der Waals surface area contributed by atoms with Crippen LogP contribution in [0.25, 0.3) is 10.9 Å². The predicted octanol–water partition coefficient (Wildman–Crippen LogP) is 3.62. The van der Waals surface area contributed by atoms with E-state index in [1.54, 1.807) is 18.3 Å². The maximum absolute atomic E-state index is 13.0. The van der Waals surface area contributed by atoms with Crippen LogP contribution in [0.4, 0.5) is 4.39 Å². The van der Waals surface area contributed by atoms with E-state index in [1.807, 2.05) is 30.3 Å². The van der Waals surface area contributed by atoms with Crippen molar-refractivity contribution >= 4 is 34.8 Å². The quantitative estimate of drug-likeness (QED) is 0.439. The Hall–Kier alpha value is -2.73. The van der Waals surface area contributed by atoms with Gasteiger partial charge in [-0.15, -0.1) is 11.8 Å². The van der Waals surface area contributed by atoms with Crippen LogP contribution in [0.1, 0.15) is 5.56 Å². The molecule has 0 aliphatic heterocycles. The highest BCUT2D eigenvalue weighted by atomic mass is 32.2. The lowest BCUT2D eigenvalue weighted by atomic mass is 10.2. The Kier molecular flexibility index (Phi) is 5.18. The summed E-state index contributed by atoms with van der Waals surface area (Å²) in [4.78, 5) is 17.2. The summed E-state index contributed by atoms with van der Waals surface area (Å²) in [6.07, 6.45) is 3.14. The number of fused-ring (bicyclic) bond motifs is 1. The van der Waals surface area contributed by atoms with Gasteiger partial charge >= 0.3 is 0 Å². The summed E-state index contributed by atoms with van der Waals surface area (Å²) in [6, 6.07) is 15.7. The van der Waals surface area contributed by atoms with Gasteiger partial charge in [-0.1, -0.05) is 30.3 Å². The largest absolute Gasteiger partial charge is 0.272 e. The zero-order valence-corrected chi connectivity index (χ0v) is 13.5. The Morgan fingerprint density at radius 2 is 2.04 bits per heavy atom. The first kappa shape index (κ1) is 16.1. The number of para-hydroxylation sites is 1. The highest BCUT2D eigenvalue weighted by Crippen LogP contribution is 2.25. The van der Waals surface area contributed by atoms with Gasteiger partial charge in [0.25, 0.3) is 0 Å². The van der Waals surface area contributed by atoms with Crippen molar-refractivity contribution in [2.75, 3.05) is 5.75 Å². The van der Waals surface area contributed by atoms with Crippen molar-refractivity contribution in [2.45, 2.75) is 4.90 Å². The number of hydrogen-bond acceptors (Lipinski definition) is 4. The highest BCUT2D eigenvalue weighted by molar-refractivity contribution is 8.00. The van der Waals surface area contributed by atoms with Gasteiger partial charge in [0.15, 0.2) is 0 Å². The van der Waals surface area contributed by atoms with E-state index in [-0.39, 0.29) is 17.5 Å². The second kappa shape index (κ2) is 7.70. The lowest BCUT2D eigenvalue weighted by molar-refractivity contribution is -0.118. The van der Waals surface area contributed by atoms with E-state index in [2.05, 4.69) is 15.5 Å². The van der Waals surface area contributed by atoms with Gasteiger partial charge in [0, 0.05) is 16.5 Å². The molecule has 24 heavy (non-hydrogen) atoms. The van der Waals surface area contributed by atoms with Gasteiger partial charge in [0.05, 0.1) is 17.5 Å². The molecule has 0 unspecified atom stereocenters. The molecular formula is C18H14FN3OS. The van der Waals surface area contributed by atoms with Gasteiger partial charge in [0.1, 0.15) is 5.82 Å². The summed E-state index contributed by atoms with van der Waals surface area (Å²) in [7, 11) is 0. The van der Waals surface area contributed by atoms with Crippen molar-refractivity contribution < 1.29 is 9.18 Å². The number of carbonyl (C=O) groups excluding carboxylic acids is 1. The van der Waals surface area contributed by atoms with Gasteiger partial charge in [-0.25, -0.2) is 9.82 Å². The van der Waals surface area contributed by atoms with Crippen LogP contribution in [-0.4, -0.2) is 22.9 Å². The fraction of sp³-hybridized carbons (Fsp3) is 0.0556. The van der Waals surface area contributed by atoms with Crippen LogP contribution in [0.2, 0.25) is 0 Å². The molecule has 0 aliphatic rings. The summed E-state index contributed by atoms with van der Waals surface area (Å²) < 4.78 is 13.0. The van der Waals surface area contributed by atoms with Crippen molar-refractivity contribution in [1.82, 2.24) is 10.4 Å². The van der Waals surface area contributed by atoms with E-state index in [0.717, 1.165) is 15.8 Å². The van der Waals surface area contributed by atoms with Crippen molar-refractivity contribution in [2.24, 2.45) is 5.10 Å². The fourth-order valence-corrected chi connectivity index (χ4v) is 2.97. The molecule has 0 spiro atoms. The summed E-state index contributed by atoms with van der Waals surface area (Å²) in [6.45, 7) is 0. The number of nitrogens with zero attached hydrogens (tertiary/aromatic N) is 2. The minimum absolute atomic E-state index is 0.218. The SMILES string of the molecule is O=C(CSc1cccc2cccnc12)N/N=C\c1cccc(F)c1. The molecule has 1 heterocycles. The Morgan fingerprint density at radius 1 is 1.21 bits per heavy atom. The molecule has 1 amide bonds. The van der Waals surface area contributed by atoms with E-state index in [9.17, 15) is 9.18 Å². The summed E-state index contributed by atoms with van der Waals surface area (Å²) >= 11 is 1.40. The third-order valence-electron chi connectivity index (χ3n) is 3.21. The van der Waals surface area contributed by atoms with Crippen LogP contribution >= 0.6 is 11.8 Å². The number of pyridine rings is 1. The lowest BCUT2D eigenvalue weighted by Gasteiger charge is -2.04. The van der Waals surface area contributed by atoms with Crippen LogP contribution in [0.3, 0.4) is 0 Å². The first-order valence-corrected chi connectivity index (χ1v) is 8.25. The maximum Gasteiger partial charge on any atom is 0.250 e. The van der Waals surface area contributed by atoms with Crippen molar-refractivity contribution in [1.29, 1.82) is 0 Å². The van der Waals surface area contributed by atoms with Crippen LogP contribution in [0, 0.1) is 5.82 Å². The van der Waals surface area contributed by atoms with Crippen molar-refractivity contribution in [3.63, 3.8) is 0 Å². The highest BCUT2D eigenvalue weighted by Gasteiger charge is 2.05. The van der Waals surface area contributed by atoms with E-state index in [4.69, 9.17) is 0 Å². The minimum atomic E-state index is -0.343. The normalized spacial score (nSPS) is 11.0. The number of benzene rings is 2. The Balaban J connectivity index is 1.57. The van der Waals surface area contributed by atoms with Gasteiger partial charge in [-0.3, -0.25) is 9.78 Å². The van der Waals surface area contributed by atoms with E-state index < -0.39 is 0 Å². The number of hydrazone groups is 1. The molecule has 0 fully saturated rings. The standard InChI is InChI=1S/C18H14FN3OS/c19-15-7-1-4-13(10-15)11-21-22-17(23)12-24-16-8-2-5-14-6-3-9-20-18(14)16/h1-11H,12H2,(H,22,23)/b21-11-. The topological polar surface area (TPSA) is 54.4 Å². The molecule has 6 heteroatoms. The van der Waals surface area contributed by atoms with Crippen LogP contribution < -0.4 is 5.43 Å². The molecule has 3 aromatic rings. The molecule has 0 aliphatic carbocycles. The molecule has 1 aromatic heterocycles. The van der Waals surface area contributed by atoms with Gasteiger partial charge in [-0.05, 0) is 29.8 Å². The lowest BCUT2D eigenvalue weighted by Crippen LogP contribution is -2.19. The Labute approximate surface area is 142 Å². The Morgan fingerprint density at radius 3 is 2.92 bits per heavy atom. The summed E-state index contributed by atoms with van der Waals surface area (Å²) in [5, 5.41) is 4.87. The molecule has 1 N–H and O–H groups in total. The molecule has 0 bridgehead atoms. The monoisotopic (exact) mass is 339 g/mol. The summed E-state index contributed by atoms with van der Waals surface area (Å²) in [5.41, 5.74) is 3.90. The second-order valence-corrected chi connectivity index (χ2v) is 5.99. The zero-order chi connectivity index (χ0) is 16.8. The minimum Gasteiger partial charge on any atom is -0.272 e. The molecule has 0 saturated carbocycles. The molecular weight excluding hydrogens is 325 g/mol. The fourth-order valence-electron chi connectivity index (χ4n) is 2.13. The van der Waals surface area contributed by atoms with Crippen molar-refractivity contribution in [3.05, 3.63) is 72.2 Å². The van der Waals surface area contributed by atoms with Gasteiger partial charge in [0.2, 0.25) is 5.91 Å². The molecule has 3 rings (SSSR count). The number of carbonyl (C=O) groups is 1. The average molecular weight is 339 g/mol. The average Bonchev–Trinajstić information content (AvgIpc) is 2.60. The molecule has 0 saturated heterocycles. The van der Waals surface area contributed by atoms with Crippen LogP contribution in [-0.2, 0) is 4.79 Å². The zero-order valence-electron chi connectivity index (χ0n) is 12.6. The van der Waals surface area contributed by atoms with Gasteiger partial charge < -0.3 is 0 Å². The molecule has 0 radical (unpaired) electrons. The number of nitrogens with one attached hydrogen (secondary N) is 1. The smallest absolute Gasteiger partial charge is 0.250 e. The first-order chi connectivity index (χ1) is 11.7. The molecule has 2 aromatic carbocycles. The number of hydrogen-bond donors (Lipinski definition) is 1. The van der Waals surface area contributed by atoms with E-state index >= 15 is 0 Å². The first-order valence-electron chi connectivity index (χ1n) is 7.26. The molecule has 0 atom stereocenters. The molecule has 4 nitrogen and oxygen atoms in total. The maximum atomic E-state index is 13.0. The van der Waals surface area contributed by atoms with Crippen LogP contribution in [0.15, 0.2) is 70.8 Å². The Bertz CT molecular complexity index is 893. The third-order valence-corrected chi connectivity index (χ3v) is 4.25. The number of rotatable bonds is 5. The molecule has 120 valence electrons. The second-order valence-electron chi connectivity index (χ2n) is 4.97.